The third-order valence-electron chi connectivity index (χ3n) is 4.71. The standard InChI is InChI=1S/C23H24O5/c1-14(2)19-12-20-17(11-23(25)28-21(20)8-15(19)3)13-27-22(24)10-16-6-5-7-18(9-16)26-4/h5-9,11-12,14H,10,13H2,1-4H3. The third kappa shape index (κ3) is 4.42. The summed E-state index contributed by atoms with van der Waals surface area (Å²) in [5, 5.41) is 0.795. The molecule has 28 heavy (non-hydrogen) atoms. The summed E-state index contributed by atoms with van der Waals surface area (Å²) in [5.41, 5.74) is 3.74. The Morgan fingerprint density at radius 3 is 2.64 bits per heavy atom. The third-order valence-corrected chi connectivity index (χ3v) is 4.71. The number of ether oxygens (including phenoxy) is 2. The topological polar surface area (TPSA) is 65.7 Å². The van der Waals surface area contributed by atoms with Crippen LogP contribution in [0.5, 0.6) is 5.75 Å². The lowest BCUT2D eigenvalue weighted by Gasteiger charge is -2.13. The number of carbonyl (C=O) groups is 1. The molecule has 5 nitrogen and oxygen atoms in total. The van der Waals surface area contributed by atoms with Crippen molar-refractivity contribution >= 4 is 16.9 Å². The summed E-state index contributed by atoms with van der Waals surface area (Å²) in [6, 6.07) is 12.6. The fraction of sp³-hybridized carbons (Fsp3) is 0.304. The van der Waals surface area contributed by atoms with Gasteiger partial charge in [0.2, 0.25) is 0 Å². The molecule has 3 aromatic rings. The zero-order chi connectivity index (χ0) is 20.3. The molecule has 0 fully saturated rings. The second-order valence-corrected chi connectivity index (χ2v) is 7.14. The van der Waals surface area contributed by atoms with Crippen LogP contribution in [-0.4, -0.2) is 13.1 Å². The van der Waals surface area contributed by atoms with E-state index in [0.29, 0.717) is 22.8 Å². The van der Waals surface area contributed by atoms with Crippen LogP contribution in [0.1, 0.15) is 42.0 Å². The molecule has 5 heteroatoms. The van der Waals surface area contributed by atoms with E-state index in [2.05, 4.69) is 13.8 Å². The molecule has 1 heterocycles. The van der Waals surface area contributed by atoms with Crippen LogP contribution in [-0.2, 0) is 22.6 Å². The van der Waals surface area contributed by atoms with E-state index in [-0.39, 0.29) is 19.0 Å². The molecule has 0 saturated carbocycles. The maximum absolute atomic E-state index is 12.3. The fourth-order valence-corrected chi connectivity index (χ4v) is 3.29. The molecule has 0 spiro atoms. The maximum Gasteiger partial charge on any atom is 0.336 e. The summed E-state index contributed by atoms with van der Waals surface area (Å²) in [7, 11) is 1.58. The molecule has 2 aromatic carbocycles. The van der Waals surface area contributed by atoms with Crippen LogP contribution in [0.3, 0.4) is 0 Å². The van der Waals surface area contributed by atoms with Gasteiger partial charge in [-0.25, -0.2) is 4.79 Å². The number of benzene rings is 2. The first-order valence-electron chi connectivity index (χ1n) is 9.23. The second-order valence-electron chi connectivity index (χ2n) is 7.14. The number of aryl methyl sites for hydroxylation is 1. The van der Waals surface area contributed by atoms with Crippen LogP contribution in [0, 0.1) is 6.92 Å². The van der Waals surface area contributed by atoms with Crippen LogP contribution >= 0.6 is 0 Å². The number of carbonyl (C=O) groups excluding carboxylic acids is 1. The minimum atomic E-state index is -0.456. The number of hydrogen-bond acceptors (Lipinski definition) is 5. The second kappa shape index (κ2) is 8.30. The van der Waals surface area contributed by atoms with Gasteiger partial charge in [0, 0.05) is 17.0 Å². The van der Waals surface area contributed by atoms with Crippen molar-refractivity contribution in [3.05, 3.63) is 75.1 Å². The van der Waals surface area contributed by atoms with Crippen LogP contribution in [0.15, 0.2) is 51.7 Å². The van der Waals surface area contributed by atoms with Crippen LogP contribution in [0.2, 0.25) is 0 Å². The Morgan fingerprint density at radius 2 is 1.93 bits per heavy atom. The molecule has 0 aliphatic rings. The molecule has 0 N–H and O–H groups in total. The summed E-state index contributed by atoms with van der Waals surface area (Å²) in [6.45, 7) is 6.24. The fourth-order valence-electron chi connectivity index (χ4n) is 3.29. The Kier molecular flexibility index (Phi) is 5.83. The Labute approximate surface area is 163 Å². The summed E-state index contributed by atoms with van der Waals surface area (Å²) >= 11 is 0. The SMILES string of the molecule is COc1cccc(CC(=O)OCc2cc(=O)oc3cc(C)c(C(C)C)cc23)c1. The highest BCUT2D eigenvalue weighted by Crippen LogP contribution is 2.27. The smallest absolute Gasteiger partial charge is 0.336 e. The molecule has 1 aromatic heterocycles. The van der Waals surface area contributed by atoms with Gasteiger partial charge in [-0.3, -0.25) is 4.79 Å². The van der Waals surface area contributed by atoms with Crippen molar-refractivity contribution in [2.75, 3.05) is 7.11 Å². The van der Waals surface area contributed by atoms with Crippen molar-refractivity contribution in [1.82, 2.24) is 0 Å². The summed E-state index contributed by atoms with van der Waals surface area (Å²) in [4.78, 5) is 24.2. The summed E-state index contributed by atoms with van der Waals surface area (Å²) in [6.07, 6.45) is 0.132. The Bertz CT molecular complexity index is 1060. The highest BCUT2D eigenvalue weighted by molar-refractivity contribution is 5.82. The van der Waals surface area contributed by atoms with Crippen molar-refractivity contribution < 1.29 is 18.7 Å². The van der Waals surface area contributed by atoms with E-state index in [0.717, 1.165) is 16.5 Å². The Hall–Kier alpha value is -3.08. The number of fused-ring (bicyclic) bond motifs is 1. The molecule has 0 atom stereocenters. The summed E-state index contributed by atoms with van der Waals surface area (Å²) in [5.74, 6) is 0.652. The van der Waals surface area contributed by atoms with Crippen molar-refractivity contribution in [2.24, 2.45) is 0 Å². The van der Waals surface area contributed by atoms with Gasteiger partial charge in [0.1, 0.15) is 17.9 Å². The first-order valence-corrected chi connectivity index (χ1v) is 9.23. The van der Waals surface area contributed by atoms with E-state index in [1.807, 2.05) is 37.3 Å². The van der Waals surface area contributed by atoms with Crippen molar-refractivity contribution in [3.8, 4) is 5.75 Å². The monoisotopic (exact) mass is 380 g/mol. The van der Waals surface area contributed by atoms with Crippen LogP contribution in [0.25, 0.3) is 11.0 Å². The lowest BCUT2D eigenvalue weighted by molar-refractivity contribution is -0.144. The van der Waals surface area contributed by atoms with Gasteiger partial charge in [-0.2, -0.15) is 0 Å². The van der Waals surface area contributed by atoms with Crippen molar-refractivity contribution in [1.29, 1.82) is 0 Å². The predicted octanol–water partition coefficient (Wildman–Crippen LogP) is 4.52. The number of esters is 1. The highest BCUT2D eigenvalue weighted by Gasteiger charge is 2.13. The van der Waals surface area contributed by atoms with Gasteiger partial charge >= 0.3 is 11.6 Å². The van der Waals surface area contributed by atoms with E-state index in [1.165, 1.54) is 11.6 Å². The Balaban J connectivity index is 1.82. The molecule has 146 valence electrons. The minimum absolute atomic E-state index is 0.0193. The van der Waals surface area contributed by atoms with E-state index < -0.39 is 5.63 Å². The van der Waals surface area contributed by atoms with Gasteiger partial charge in [0.15, 0.2) is 0 Å². The zero-order valence-corrected chi connectivity index (χ0v) is 16.6. The molecule has 0 radical (unpaired) electrons. The first kappa shape index (κ1) is 19.7. The lowest BCUT2D eigenvalue weighted by atomic mass is 9.95. The van der Waals surface area contributed by atoms with Gasteiger partial charge in [-0.05, 0) is 53.8 Å². The van der Waals surface area contributed by atoms with E-state index >= 15 is 0 Å². The number of hydrogen-bond donors (Lipinski definition) is 0. The average Bonchev–Trinajstić information content (AvgIpc) is 2.65. The normalized spacial score (nSPS) is 11.0. The van der Waals surface area contributed by atoms with Crippen LogP contribution < -0.4 is 10.4 Å². The Morgan fingerprint density at radius 1 is 1.14 bits per heavy atom. The van der Waals surface area contributed by atoms with Crippen molar-refractivity contribution in [2.45, 2.75) is 39.7 Å². The summed E-state index contributed by atoms with van der Waals surface area (Å²) < 4.78 is 15.9. The number of rotatable bonds is 6. The molecule has 0 unspecified atom stereocenters. The average molecular weight is 380 g/mol. The van der Waals surface area contributed by atoms with Gasteiger partial charge < -0.3 is 13.9 Å². The minimum Gasteiger partial charge on any atom is -0.497 e. The van der Waals surface area contributed by atoms with E-state index in [1.54, 1.807) is 13.2 Å². The quantitative estimate of drug-likeness (QED) is 0.465. The molecule has 0 amide bonds. The van der Waals surface area contributed by atoms with Gasteiger partial charge in [0.25, 0.3) is 0 Å². The van der Waals surface area contributed by atoms with E-state index in [9.17, 15) is 9.59 Å². The van der Waals surface area contributed by atoms with Gasteiger partial charge in [-0.1, -0.05) is 26.0 Å². The van der Waals surface area contributed by atoms with Crippen LogP contribution in [0.4, 0.5) is 0 Å². The predicted molar refractivity (Wildman–Crippen MR) is 108 cm³/mol. The largest absolute Gasteiger partial charge is 0.497 e. The van der Waals surface area contributed by atoms with Gasteiger partial charge in [0.05, 0.1) is 13.5 Å². The highest BCUT2D eigenvalue weighted by atomic mass is 16.5. The van der Waals surface area contributed by atoms with E-state index in [4.69, 9.17) is 13.9 Å². The molecular weight excluding hydrogens is 356 g/mol. The molecule has 3 rings (SSSR count). The maximum atomic E-state index is 12.3. The number of methoxy groups -OCH3 is 1. The molecule has 0 aliphatic carbocycles. The lowest BCUT2D eigenvalue weighted by Crippen LogP contribution is -2.10. The zero-order valence-electron chi connectivity index (χ0n) is 16.6. The molecule has 0 aliphatic heterocycles. The molecule has 0 bridgehead atoms. The van der Waals surface area contributed by atoms with Gasteiger partial charge in [-0.15, -0.1) is 0 Å². The first-order chi connectivity index (χ1) is 13.4. The van der Waals surface area contributed by atoms with Crippen molar-refractivity contribution in [3.63, 3.8) is 0 Å². The molecular formula is C23H24O5. The molecule has 0 saturated heterocycles.